The molecule has 0 saturated carbocycles. The topological polar surface area (TPSA) is 26.3 Å². The number of hydrogen-bond acceptors (Lipinski definition) is 3. The Balaban J connectivity index is 3.82. The van der Waals surface area contributed by atoms with Crippen molar-refractivity contribution >= 4 is 24.6 Å². The van der Waals surface area contributed by atoms with E-state index in [0.29, 0.717) is 6.61 Å². The summed E-state index contributed by atoms with van der Waals surface area (Å²) < 4.78 is 5.61. The van der Waals surface area contributed by atoms with E-state index >= 15 is 0 Å². The zero-order valence-electron chi connectivity index (χ0n) is 10.1. The Morgan fingerprint density at radius 2 is 1.79 bits per heavy atom. The lowest BCUT2D eigenvalue weighted by atomic mass is 10.1. The van der Waals surface area contributed by atoms with Gasteiger partial charge in [-0.2, -0.15) is 0 Å². The monoisotopic (exact) mass is 216 g/mol. The number of ether oxygens (including phenoxy) is 1. The zero-order valence-corrected chi connectivity index (χ0v) is 11.0. The van der Waals surface area contributed by atoms with Crippen LogP contribution in [-0.4, -0.2) is 29.8 Å². The molecule has 14 heavy (non-hydrogen) atoms. The molecular formula is C10H21BO2S. The number of rotatable bonds is 4. The molecule has 82 valence electrons. The Morgan fingerprint density at radius 3 is 2.14 bits per heavy atom. The van der Waals surface area contributed by atoms with E-state index in [-0.39, 0.29) is 15.4 Å². The summed E-state index contributed by atoms with van der Waals surface area (Å²) in [7, 11) is 1.61. The third-order valence-electron chi connectivity index (χ3n) is 1.66. The number of hydrogen-bond donors (Lipinski definition) is 0. The van der Waals surface area contributed by atoms with Gasteiger partial charge in [-0.05, 0) is 27.2 Å². The summed E-state index contributed by atoms with van der Waals surface area (Å²) in [5, 5.41) is 0.172. The summed E-state index contributed by atoms with van der Waals surface area (Å²) in [6.07, 6.45) is 0.897. The highest BCUT2D eigenvalue weighted by Crippen LogP contribution is 2.28. The van der Waals surface area contributed by atoms with Crippen LogP contribution < -0.4 is 0 Å². The van der Waals surface area contributed by atoms with Crippen LogP contribution >= 0.6 is 11.8 Å². The molecule has 0 fully saturated rings. The van der Waals surface area contributed by atoms with Gasteiger partial charge in [-0.1, -0.05) is 25.6 Å². The predicted octanol–water partition coefficient (Wildman–Crippen LogP) is 2.46. The van der Waals surface area contributed by atoms with E-state index in [4.69, 9.17) is 4.74 Å². The zero-order chi connectivity index (χ0) is 11.4. The van der Waals surface area contributed by atoms with E-state index in [1.54, 1.807) is 7.85 Å². The minimum atomic E-state index is -0.0863. The molecule has 0 aromatic rings. The second kappa shape index (κ2) is 5.22. The maximum atomic E-state index is 10.9. The average molecular weight is 216 g/mol. The van der Waals surface area contributed by atoms with Gasteiger partial charge in [0.05, 0.1) is 5.60 Å². The molecule has 4 heteroatoms. The fourth-order valence-electron chi connectivity index (χ4n) is 1.04. The van der Waals surface area contributed by atoms with E-state index in [0.717, 1.165) is 6.42 Å². The quantitative estimate of drug-likeness (QED) is 0.675. The van der Waals surface area contributed by atoms with Crippen LogP contribution in [0.1, 0.15) is 41.0 Å². The normalized spacial score (nSPS) is 12.9. The first kappa shape index (κ1) is 14.0. The smallest absolute Gasteiger partial charge is 0.201 e. The maximum Gasteiger partial charge on any atom is 0.201 e. The van der Waals surface area contributed by atoms with Crippen molar-refractivity contribution in [2.75, 3.05) is 6.61 Å². The molecule has 2 nitrogen and oxygen atoms in total. The third-order valence-corrected chi connectivity index (χ3v) is 2.70. The summed E-state index contributed by atoms with van der Waals surface area (Å²) in [6.45, 7) is 11.0. The van der Waals surface area contributed by atoms with Crippen molar-refractivity contribution in [3.63, 3.8) is 0 Å². The molecule has 0 atom stereocenters. The van der Waals surface area contributed by atoms with Gasteiger partial charge in [0.25, 0.3) is 0 Å². The number of thioether (sulfide) groups is 1. The van der Waals surface area contributed by atoms with Gasteiger partial charge in [0.15, 0.2) is 0 Å². The molecule has 0 N–H and O–H groups in total. The number of carbonyl (C=O) groups excluding carboxylic acids is 1. The Kier molecular flexibility index (Phi) is 5.23. The molecule has 0 amide bonds. The Bertz CT molecular complexity index is 197. The first-order valence-corrected chi connectivity index (χ1v) is 5.78. The maximum absolute atomic E-state index is 10.9. The molecule has 0 aromatic carbocycles. The van der Waals surface area contributed by atoms with Crippen molar-refractivity contribution in [1.29, 1.82) is 0 Å². The van der Waals surface area contributed by atoms with Crippen molar-refractivity contribution < 1.29 is 9.53 Å². The molecular weight excluding hydrogens is 195 g/mol. The summed E-state index contributed by atoms with van der Waals surface area (Å²) >= 11 is 1.39. The van der Waals surface area contributed by atoms with Crippen LogP contribution in [0.3, 0.4) is 0 Å². The molecule has 0 aliphatic heterocycles. The largest absolute Gasteiger partial charge is 0.376 e. The highest BCUT2D eigenvalue weighted by molar-refractivity contribution is 8.17. The fourth-order valence-corrected chi connectivity index (χ4v) is 2.01. The highest BCUT2D eigenvalue weighted by Gasteiger charge is 2.21. The van der Waals surface area contributed by atoms with E-state index in [9.17, 15) is 4.79 Å². The minimum Gasteiger partial charge on any atom is -0.376 e. The van der Waals surface area contributed by atoms with E-state index in [1.165, 1.54) is 11.8 Å². The summed E-state index contributed by atoms with van der Waals surface area (Å²) in [6, 6.07) is 0. The van der Waals surface area contributed by atoms with Gasteiger partial charge in [-0.3, -0.25) is 0 Å². The summed E-state index contributed by atoms with van der Waals surface area (Å²) in [4.78, 5) is 10.9. The van der Waals surface area contributed by atoms with E-state index < -0.39 is 0 Å². The fraction of sp³-hybridized carbons (Fsp3) is 0.900. The molecule has 0 bridgehead atoms. The van der Waals surface area contributed by atoms with Gasteiger partial charge in [0.1, 0.15) is 5.01 Å². The van der Waals surface area contributed by atoms with Crippen molar-refractivity contribution in [3.8, 4) is 0 Å². The van der Waals surface area contributed by atoms with Gasteiger partial charge in [0.2, 0.25) is 7.85 Å². The van der Waals surface area contributed by atoms with Crippen LogP contribution in [0, 0.1) is 0 Å². The van der Waals surface area contributed by atoms with Gasteiger partial charge in [0, 0.05) is 11.4 Å². The van der Waals surface area contributed by atoms with Crippen LogP contribution in [0.4, 0.5) is 4.79 Å². The van der Waals surface area contributed by atoms with Crippen LogP contribution in [0.2, 0.25) is 0 Å². The van der Waals surface area contributed by atoms with Crippen molar-refractivity contribution in [2.24, 2.45) is 0 Å². The highest BCUT2D eigenvalue weighted by atomic mass is 32.2. The molecule has 0 aromatic heterocycles. The summed E-state index contributed by atoms with van der Waals surface area (Å²) in [5.74, 6) is 0. The van der Waals surface area contributed by atoms with Crippen LogP contribution in [0.5, 0.6) is 0 Å². The first-order chi connectivity index (χ1) is 6.12. The molecule has 0 radical (unpaired) electrons. The standard InChI is InChI=1S/C10H21BO2S/c1-9(2,3)13-7-6-10(4,5)14-8(11)12/h6-7,11H2,1-5H3. The van der Waals surface area contributed by atoms with Crippen molar-refractivity contribution in [1.82, 2.24) is 0 Å². The molecule has 0 aliphatic rings. The third kappa shape index (κ3) is 8.63. The Labute approximate surface area is 92.6 Å². The molecule has 0 unspecified atom stereocenters. The molecule has 0 aliphatic carbocycles. The Hall–Kier alpha value is 0.0449. The molecule has 0 spiro atoms. The lowest BCUT2D eigenvalue weighted by Gasteiger charge is -2.26. The Morgan fingerprint density at radius 1 is 1.29 bits per heavy atom. The van der Waals surface area contributed by atoms with Gasteiger partial charge < -0.3 is 9.53 Å². The average Bonchev–Trinajstić information content (AvgIpc) is 1.78. The molecule has 0 saturated heterocycles. The van der Waals surface area contributed by atoms with Crippen molar-refractivity contribution in [3.05, 3.63) is 0 Å². The number of carbonyl (C=O) groups is 1. The molecule has 0 rings (SSSR count). The van der Waals surface area contributed by atoms with E-state index in [1.807, 2.05) is 20.8 Å². The first-order valence-electron chi connectivity index (χ1n) is 4.96. The van der Waals surface area contributed by atoms with Crippen molar-refractivity contribution in [2.45, 2.75) is 51.4 Å². The van der Waals surface area contributed by atoms with Gasteiger partial charge in [-0.15, -0.1) is 0 Å². The molecule has 0 heterocycles. The lowest BCUT2D eigenvalue weighted by molar-refractivity contribution is -0.00619. The van der Waals surface area contributed by atoms with Crippen LogP contribution in [0.25, 0.3) is 0 Å². The minimum absolute atomic E-state index is 0.0168. The van der Waals surface area contributed by atoms with Crippen LogP contribution in [-0.2, 0) is 4.74 Å². The predicted molar refractivity (Wildman–Crippen MR) is 65.9 cm³/mol. The second-order valence-corrected chi connectivity index (χ2v) is 6.95. The van der Waals surface area contributed by atoms with Gasteiger partial charge >= 0.3 is 0 Å². The summed E-state index contributed by atoms with van der Waals surface area (Å²) in [5.41, 5.74) is -0.0863. The van der Waals surface area contributed by atoms with E-state index in [2.05, 4.69) is 13.8 Å². The van der Waals surface area contributed by atoms with Crippen LogP contribution in [0.15, 0.2) is 0 Å². The second-order valence-electron chi connectivity index (χ2n) is 5.06. The lowest BCUT2D eigenvalue weighted by Crippen LogP contribution is -2.25. The SMILES string of the molecule is BC(=O)SC(C)(C)CCOC(C)(C)C. The van der Waals surface area contributed by atoms with Gasteiger partial charge in [-0.25, -0.2) is 0 Å².